The Hall–Kier alpha value is -2.23. The summed E-state index contributed by atoms with van der Waals surface area (Å²) in [6, 6.07) is 7.90. The number of carbonyl (C=O) groups excluding carboxylic acids is 1. The van der Waals surface area contributed by atoms with E-state index in [9.17, 15) is 13.2 Å². The molecule has 1 saturated heterocycles. The molecule has 0 saturated carbocycles. The topological polar surface area (TPSA) is 87.5 Å². The number of carbonyl (C=O) groups is 1. The average molecular weight is 391 g/mol. The van der Waals surface area contributed by atoms with Crippen molar-refractivity contribution in [2.45, 2.75) is 38.9 Å². The minimum absolute atomic E-state index is 0.265. The van der Waals surface area contributed by atoms with Crippen molar-refractivity contribution < 1.29 is 13.2 Å². The molecule has 1 N–H and O–H groups in total. The van der Waals surface area contributed by atoms with Crippen molar-refractivity contribution >= 4 is 21.8 Å². The van der Waals surface area contributed by atoms with Gasteiger partial charge in [-0.2, -0.15) is 22.5 Å². The zero-order valence-electron chi connectivity index (χ0n) is 16.0. The molecular weight excluding hydrogens is 366 g/mol. The highest BCUT2D eigenvalue weighted by Gasteiger charge is 2.42. The quantitative estimate of drug-likeness (QED) is 0.855. The second kappa shape index (κ2) is 7.41. The number of benzene rings is 1. The Morgan fingerprint density at radius 3 is 2.59 bits per heavy atom. The van der Waals surface area contributed by atoms with E-state index in [4.69, 9.17) is 0 Å². The van der Waals surface area contributed by atoms with Gasteiger partial charge in [0.2, 0.25) is 5.91 Å². The molecule has 2 atom stereocenters. The van der Waals surface area contributed by atoms with Crippen LogP contribution in [-0.2, 0) is 21.5 Å². The van der Waals surface area contributed by atoms with E-state index in [-0.39, 0.29) is 5.91 Å². The van der Waals surface area contributed by atoms with Gasteiger partial charge >= 0.3 is 0 Å². The molecule has 2 unspecified atom stereocenters. The van der Waals surface area contributed by atoms with Crippen LogP contribution in [0.1, 0.15) is 30.6 Å². The molecule has 2 heterocycles. The SMILES string of the molecule is CCn1cc(C2CC(C(=O)N(C)c3ccccc3)N(C)S(=O)(=O)N2)c(C)n1. The van der Waals surface area contributed by atoms with Crippen LogP contribution in [0, 0.1) is 6.92 Å². The van der Waals surface area contributed by atoms with Gasteiger partial charge in [-0.25, -0.2) is 0 Å². The van der Waals surface area contributed by atoms with Gasteiger partial charge in [-0.15, -0.1) is 0 Å². The average Bonchev–Trinajstić information content (AvgIpc) is 3.04. The van der Waals surface area contributed by atoms with E-state index in [1.807, 2.05) is 50.4 Å². The first-order valence-electron chi connectivity index (χ1n) is 8.86. The van der Waals surface area contributed by atoms with E-state index in [2.05, 4.69) is 9.82 Å². The normalized spacial score (nSPS) is 22.5. The Morgan fingerprint density at radius 2 is 2.00 bits per heavy atom. The Bertz CT molecular complexity index is 926. The molecule has 1 aliphatic rings. The number of hydrogen-bond donors (Lipinski definition) is 1. The molecule has 2 aromatic rings. The third kappa shape index (κ3) is 3.76. The lowest BCUT2D eigenvalue weighted by Crippen LogP contribution is -2.57. The van der Waals surface area contributed by atoms with Gasteiger partial charge in [-0.05, 0) is 32.4 Å². The molecule has 1 aromatic carbocycles. The smallest absolute Gasteiger partial charge is 0.280 e. The standard InChI is InChI=1S/C18H25N5O3S/c1-5-23-12-15(13(2)19-23)16-11-17(22(4)27(25,26)20-16)18(24)21(3)14-9-7-6-8-10-14/h6-10,12,16-17,20H,5,11H2,1-4H3. The van der Waals surface area contributed by atoms with E-state index in [0.29, 0.717) is 13.0 Å². The first kappa shape index (κ1) is 19.5. The number of aromatic nitrogens is 2. The van der Waals surface area contributed by atoms with Crippen LogP contribution >= 0.6 is 0 Å². The van der Waals surface area contributed by atoms with E-state index < -0.39 is 22.3 Å². The molecule has 0 radical (unpaired) electrons. The highest BCUT2D eigenvalue weighted by molar-refractivity contribution is 7.87. The van der Waals surface area contributed by atoms with Crippen molar-refractivity contribution in [1.29, 1.82) is 0 Å². The monoisotopic (exact) mass is 391 g/mol. The van der Waals surface area contributed by atoms with Crippen molar-refractivity contribution in [2.75, 3.05) is 19.0 Å². The van der Waals surface area contributed by atoms with E-state index in [1.54, 1.807) is 11.7 Å². The predicted molar refractivity (Wildman–Crippen MR) is 103 cm³/mol. The predicted octanol–water partition coefficient (Wildman–Crippen LogP) is 1.45. The molecular formula is C18H25N5O3S. The zero-order valence-corrected chi connectivity index (χ0v) is 16.8. The Kier molecular flexibility index (Phi) is 5.36. The summed E-state index contributed by atoms with van der Waals surface area (Å²) in [6.45, 7) is 4.51. The molecule has 1 fully saturated rings. The third-order valence-corrected chi connectivity index (χ3v) is 6.61. The fourth-order valence-corrected chi connectivity index (χ4v) is 4.60. The first-order chi connectivity index (χ1) is 12.7. The summed E-state index contributed by atoms with van der Waals surface area (Å²) in [5, 5.41) is 4.40. The summed E-state index contributed by atoms with van der Waals surface area (Å²) in [7, 11) is -0.689. The third-order valence-electron chi connectivity index (χ3n) is 5.01. The van der Waals surface area contributed by atoms with Gasteiger partial charge in [-0.1, -0.05) is 18.2 Å². The second-order valence-corrected chi connectivity index (χ2v) is 8.46. The summed E-state index contributed by atoms with van der Waals surface area (Å²) in [4.78, 5) is 14.6. The van der Waals surface area contributed by atoms with Crippen molar-refractivity contribution in [1.82, 2.24) is 18.8 Å². The minimum Gasteiger partial charge on any atom is -0.314 e. The van der Waals surface area contributed by atoms with Crippen LogP contribution in [-0.4, -0.2) is 48.5 Å². The molecule has 9 heteroatoms. The van der Waals surface area contributed by atoms with Crippen LogP contribution in [0.15, 0.2) is 36.5 Å². The van der Waals surface area contributed by atoms with Crippen LogP contribution in [0.25, 0.3) is 0 Å². The summed E-state index contributed by atoms with van der Waals surface area (Å²) in [5.41, 5.74) is 2.28. The van der Waals surface area contributed by atoms with E-state index in [1.165, 1.54) is 11.9 Å². The summed E-state index contributed by atoms with van der Waals surface area (Å²) < 4.78 is 30.8. The number of anilines is 1. The number of nitrogens with zero attached hydrogens (tertiary/aromatic N) is 4. The number of para-hydroxylation sites is 1. The fraction of sp³-hybridized carbons (Fsp3) is 0.444. The van der Waals surface area contributed by atoms with Gasteiger partial charge in [0.1, 0.15) is 6.04 Å². The van der Waals surface area contributed by atoms with Crippen LogP contribution in [0.3, 0.4) is 0 Å². The number of rotatable bonds is 4. The lowest BCUT2D eigenvalue weighted by atomic mass is 9.99. The lowest BCUT2D eigenvalue weighted by Gasteiger charge is -2.37. The minimum atomic E-state index is -3.78. The molecule has 0 aliphatic carbocycles. The van der Waals surface area contributed by atoms with Crippen LogP contribution in [0.4, 0.5) is 5.69 Å². The maximum Gasteiger partial charge on any atom is 0.280 e. The molecule has 0 bridgehead atoms. The van der Waals surface area contributed by atoms with Crippen LogP contribution in [0.2, 0.25) is 0 Å². The van der Waals surface area contributed by atoms with Gasteiger partial charge in [0.05, 0.1) is 11.7 Å². The van der Waals surface area contributed by atoms with Gasteiger partial charge in [0.25, 0.3) is 10.2 Å². The number of hydrogen-bond acceptors (Lipinski definition) is 4. The Labute approximate surface area is 160 Å². The molecule has 1 aromatic heterocycles. The number of aryl methyl sites for hydroxylation is 2. The molecule has 1 aliphatic heterocycles. The molecule has 3 rings (SSSR count). The van der Waals surface area contributed by atoms with Gasteiger partial charge in [0, 0.05) is 38.1 Å². The maximum atomic E-state index is 13.1. The molecule has 8 nitrogen and oxygen atoms in total. The zero-order chi connectivity index (χ0) is 19.8. The van der Waals surface area contributed by atoms with Crippen molar-refractivity contribution in [3.8, 4) is 0 Å². The molecule has 27 heavy (non-hydrogen) atoms. The van der Waals surface area contributed by atoms with Gasteiger partial charge < -0.3 is 4.90 Å². The van der Waals surface area contributed by atoms with Crippen LogP contribution < -0.4 is 9.62 Å². The van der Waals surface area contributed by atoms with Crippen molar-refractivity contribution in [3.05, 3.63) is 47.8 Å². The Morgan fingerprint density at radius 1 is 1.33 bits per heavy atom. The van der Waals surface area contributed by atoms with Gasteiger partial charge in [0.15, 0.2) is 0 Å². The second-order valence-electron chi connectivity index (χ2n) is 6.70. The first-order valence-corrected chi connectivity index (χ1v) is 10.3. The molecule has 1 amide bonds. The van der Waals surface area contributed by atoms with Crippen LogP contribution in [0.5, 0.6) is 0 Å². The number of nitrogens with one attached hydrogen (secondary N) is 1. The Balaban J connectivity index is 1.92. The van der Waals surface area contributed by atoms with Gasteiger partial charge in [-0.3, -0.25) is 9.48 Å². The van der Waals surface area contributed by atoms with E-state index >= 15 is 0 Å². The van der Waals surface area contributed by atoms with E-state index in [0.717, 1.165) is 21.2 Å². The van der Waals surface area contributed by atoms with Crippen molar-refractivity contribution in [2.24, 2.45) is 0 Å². The lowest BCUT2D eigenvalue weighted by molar-refractivity contribution is -0.122. The largest absolute Gasteiger partial charge is 0.314 e. The molecule has 0 spiro atoms. The number of amides is 1. The summed E-state index contributed by atoms with van der Waals surface area (Å²) >= 11 is 0. The molecule has 146 valence electrons. The highest BCUT2D eigenvalue weighted by atomic mass is 32.2. The highest BCUT2D eigenvalue weighted by Crippen LogP contribution is 2.30. The fourth-order valence-electron chi connectivity index (χ4n) is 3.34. The maximum absolute atomic E-state index is 13.1. The number of likely N-dealkylation sites (N-methyl/N-ethyl adjacent to an activating group) is 2. The summed E-state index contributed by atoms with van der Waals surface area (Å²) in [5.74, 6) is -0.265. The van der Waals surface area contributed by atoms with Crippen molar-refractivity contribution in [3.63, 3.8) is 0 Å². The summed E-state index contributed by atoms with van der Waals surface area (Å²) in [6.07, 6.45) is 2.18.